The molecule has 2 fully saturated rings. The lowest BCUT2D eigenvalue weighted by molar-refractivity contribution is -0.144. The van der Waals surface area contributed by atoms with Gasteiger partial charge in [0.05, 0.1) is 10.9 Å². The first kappa shape index (κ1) is 14.4. The van der Waals surface area contributed by atoms with Crippen LogP contribution in [-0.2, 0) is 11.3 Å². The topological polar surface area (TPSA) is 49.3 Å². The first-order valence-electron chi connectivity index (χ1n) is 6.96. The third-order valence-electron chi connectivity index (χ3n) is 4.73. The van der Waals surface area contributed by atoms with E-state index < -0.39 is 5.97 Å². The molecule has 0 radical (unpaired) electrons. The molecule has 0 spiro atoms. The minimum atomic E-state index is -0.650. The van der Waals surface area contributed by atoms with Gasteiger partial charge in [-0.05, 0) is 64.7 Å². The standard InChI is InChI=1S/C15H17BrClNO2/c16-11-4-1-8(5-12(11)17)7-18-14-10-3-2-9(6-10)13(14)15(19)20/h1,4-5,9-10,13-14,18H,2-3,6-7H2,(H,19,20). The summed E-state index contributed by atoms with van der Waals surface area (Å²) < 4.78 is 0.881. The zero-order valence-corrected chi connectivity index (χ0v) is 13.3. The van der Waals surface area contributed by atoms with Crippen molar-refractivity contribution in [1.82, 2.24) is 5.32 Å². The van der Waals surface area contributed by atoms with Crippen molar-refractivity contribution in [3.63, 3.8) is 0 Å². The van der Waals surface area contributed by atoms with Gasteiger partial charge in [-0.1, -0.05) is 17.7 Å². The molecule has 0 saturated heterocycles. The number of aliphatic carboxylic acids is 1. The van der Waals surface area contributed by atoms with Gasteiger partial charge in [-0.25, -0.2) is 0 Å². The first-order chi connectivity index (χ1) is 9.56. The molecule has 4 unspecified atom stereocenters. The molecule has 3 rings (SSSR count). The quantitative estimate of drug-likeness (QED) is 0.863. The van der Waals surface area contributed by atoms with Crippen LogP contribution in [0.15, 0.2) is 22.7 Å². The molecule has 2 bridgehead atoms. The molecule has 3 nitrogen and oxygen atoms in total. The number of rotatable bonds is 4. The predicted octanol–water partition coefficient (Wildman–Crippen LogP) is 3.69. The maximum Gasteiger partial charge on any atom is 0.308 e. The molecule has 2 aliphatic rings. The number of carbonyl (C=O) groups is 1. The van der Waals surface area contributed by atoms with Crippen LogP contribution in [0.3, 0.4) is 0 Å². The maximum absolute atomic E-state index is 11.4. The highest BCUT2D eigenvalue weighted by atomic mass is 79.9. The van der Waals surface area contributed by atoms with Crippen LogP contribution in [0, 0.1) is 17.8 Å². The van der Waals surface area contributed by atoms with Crippen molar-refractivity contribution >= 4 is 33.5 Å². The van der Waals surface area contributed by atoms with E-state index in [1.807, 2.05) is 18.2 Å². The lowest BCUT2D eigenvalue weighted by atomic mass is 9.84. The summed E-state index contributed by atoms with van der Waals surface area (Å²) in [6.07, 6.45) is 3.30. The molecule has 1 aromatic rings. The summed E-state index contributed by atoms with van der Waals surface area (Å²) in [4.78, 5) is 11.4. The average Bonchev–Trinajstić information content (AvgIpc) is 3.00. The molecule has 5 heteroatoms. The zero-order chi connectivity index (χ0) is 14.3. The first-order valence-corrected chi connectivity index (χ1v) is 8.13. The fourth-order valence-electron chi connectivity index (χ4n) is 3.83. The Bertz CT molecular complexity index is 537. The molecule has 0 heterocycles. The molecule has 0 aromatic heterocycles. The molecule has 0 amide bonds. The molecule has 4 atom stereocenters. The monoisotopic (exact) mass is 357 g/mol. The third kappa shape index (κ3) is 2.61. The summed E-state index contributed by atoms with van der Waals surface area (Å²) in [7, 11) is 0. The Kier molecular flexibility index (Phi) is 4.07. The van der Waals surface area contributed by atoms with Crippen LogP contribution < -0.4 is 5.32 Å². The van der Waals surface area contributed by atoms with E-state index in [4.69, 9.17) is 11.6 Å². The SMILES string of the molecule is O=C(O)C1C2CCC(C2)C1NCc1ccc(Br)c(Cl)c1. The van der Waals surface area contributed by atoms with Gasteiger partial charge in [0.15, 0.2) is 0 Å². The second-order valence-electron chi connectivity index (χ2n) is 5.85. The Hall–Kier alpha value is -0.580. The number of fused-ring (bicyclic) bond motifs is 2. The van der Waals surface area contributed by atoms with Crippen LogP contribution in [-0.4, -0.2) is 17.1 Å². The molecule has 0 aliphatic heterocycles. The summed E-state index contributed by atoms with van der Waals surface area (Å²) >= 11 is 9.45. The fourth-order valence-corrected chi connectivity index (χ4v) is 4.28. The highest BCUT2D eigenvalue weighted by molar-refractivity contribution is 9.10. The van der Waals surface area contributed by atoms with Crippen LogP contribution in [0.2, 0.25) is 5.02 Å². The van der Waals surface area contributed by atoms with Gasteiger partial charge >= 0.3 is 5.97 Å². The van der Waals surface area contributed by atoms with E-state index in [2.05, 4.69) is 21.2 Å². The van der Waals surface area contributed by atoms with Crippen molar-refractivity contribution < 1.29 is 9.90 Å². The van der Waals surface area contributed by atoms with E-state index in [-0.39, 0.29) is 12.0 Å². The van der Waals surface area contributed by atoms with E-state index in [9.17, 15) is 9.90 Å². The third-order valence-corrected chi connectivity index (χ3v) is 5.96. The fraction of sp³-hybridized carbons (Fsp3) is 0.533. The van der Waals surface area contributed by atoms with Crippen molar-refractivity contribution in [2.75, 3.05) is 0 Å². The Morgan fingerprint density at radius 3 is 2.85 bits per heavy atom. The average molecular weight is 359 g/mol. The van der Waals surface area contributed by atoms with E-state index in [0.717, 1.165) is 29.3 Å². The lowest BCUT2D eigenvalue weighted by Crippen LogP contribution is -2.43. The van der Waals surface area contributed by atoms with E-state index in [0.29, 0.717) is 23.4 Å². The Labute approximate surface area is 131 Å². The number of halogens is 2. The zero-order valence-electron chi connectivity index (χ0n) is 11.0. The smallest absolute Gasteiger partial charge is 0.308 e. The number of hydrogen-bond acceptors (Lipinski definition) is 2. The second kappa shape index (κ2) is 5.66. The largest absolute Gasteiger partial charge is 0.481 e. The van der Waals surface area contributed by atoms with E-state index >= 15 is 0 Å². The van der Waals surface area contributed by atoms with Crippen molar-refractivity contribution in [2.24, 2.45) is 17.8 Å². The normalized spacial score (nSPS) is 31.7. The summed E-state index contributed by atoms with van der Waals surface area (Å²) in [6, 6.07) is 5.95. The molecule has 2 aliphatic carbocycles. The van der Waals surface area contributed by atoms with Crippen molar-refractivity contribution in [3.05, 3.63) is 33.3 Å². The Morgan fingerprint density at radius 2 is 2.15 bits per heavy atom. The van der Waals surface area contributed by atoms with Crippen molar-refractivity contribution in [2.45, 2.75) is 31.8 Å². The van der Waals surface area contributed by atoms with Crippen LogP contribution in [0.25, 0.3) is 0 Å². The summed E-state index contributed by atoms with van der Waals surface area (Å²) in [6.45, 7) is 0.671. The van der Waals surface area contributed by atoms with Crippen LogP contribution >= 0.6 is 27.5 Å². The molecule has 1 aromatic carbocycles. The molecular weight excluding hydrogens is 342 g/mol. The number of benzene rings is 1. The molecular formula is C15H17BrClNO2. The van der Waals surface area contributed by atoms with Gasteiger partial charge in [-0.3, -0.25) is 4.79 Å². The van der Waals surface area contributed by atoms with Gasteiger partial charge in [0.25, 0.3) is 0 Å². The number of carboxylic acids is 1. The molecule has 108 valence electrons. The minimum absolute atomic E-state index is 0.105. The molecule has 2 saturated carbocycles. The number of nitrogens with one attached hydrogen (secondary N) is 1. The van der Waals surface area contributed by atoms with E-state index in [1.165, 1.54) is 0 Å². The van der Waals surface area contributed by atoms with Crippen LogP contribution in [0.4, 0.5) is 0 Å². The lowest BCUT2D eigenvalue weighted by Gasteiger charge is -2.29. The summed E-state index contributed by atoms with van der Waals surface area (Å²) in [5.41, 5.74) is 1.09. The maximum atomic E-state index is 11.4. The van der Waals surface area contributed by atoms with Crippen LogP contribution in [0.1, 0.15) is 24.8 Å². The number of hydrogen-bond donors (Lipinski definition) is 2. The van der Waals surface area contributed by atoms with Gasteiger partial charge in [0.2, 0.25) is 0 Å². The van der Waals surface area contributed by atoms with Crippen molar-refractivity contribution in [1.29, 1.82) is 0 Å². The van der Waals surface area contributed by atoms with Crippen molar-refractivity contribution in [3.8, 4) is 0 Å². The molecule has 2 N–H and O–H groups in total. The van der Waals surface area contributed by atoms with Crippen LogP contribution in [0.5, 0.6) is 0 Å². The summed E-state index contributed by atoms with van der Waals surface area (Å²) in [5.74, 6) is 0.0127. The predicted molar refractivity (Wildman–Crippen MR) is 81.7 cm³/mol. The van der Waals surface area contributed by atoms with Gasteiger partial charge in [0, 0.05) is 17.1 Å². The Balaban J connectivity index is 1.68. The minimum Gasteiger partial charge on any atom is -0.481 e. The van der Waals surface area contributed by atoms with Gasteiger partial charge in [-0.15, -0.1) is 0 Å². The van der Waals surface area contributed by atoms with Gasteiger partial charge in [0.1, 0.15) is 0 Å². The highest BCUT2D eigenvalue weighted by Crippen LogP contribution is 2.48. The highest BCUT2D eigenvalue weighted by Gasteiger charge is 2.50. The summed E-state index contributed by atoms with van der Waals surface area (Å²) in [5, 5.41) is 13.6. The Morgan fingerprint density at radius 1 is 1.40 bits per heavy atom. The van der Waals surface area contributed by atoms with Gasteiger partial charge in [-0.2, -0.15) is 0 Å². The number of carboxylic acid groups (broad SMARTS) is 1. The second-order valence-corrected chi connectivity index (χ2v) is 7.11. The van der Waals surface area contributed by atoms with Gasteiger partial charge < -0.3 is 10.4 Å². The molecule has 20 heavy (non-hydrogen) atoms. The van der Waals surface area contributed by atoms with E-state index in [1.54, 1.807) is 0 Å².